The highest BCUT2D eigenvalue weighted by molar-refractivity contribution is 5.93. The van der Waals surface area contributed by atoms with Crippen molar-refractivity contribution in [3.8, 4) is 0 Å². The van der Waals surface area contributed by atoms with Crippen LogP contribution in [0.15, 0.2) is 4.99 Å². The Balaban J connectivity index is 1.97. The lowest BCUT2D eigenvalue weighted by molar-refractivity contribution is -0.144. The number of hydrogen-bond acceptors (Lipinski definition) is 6. The van der Waals surface area contributed by atoms with Gasteiger partial charge < -0.3 is 14.4 Å². The number of fused-ring (bicyclic) bond motifs is 1. The highest BCUT2D eigenvalue weighted by Gasteiger charge is 2.36. The third kappa shape index (κ3) is 3.86. The lowest BCUT2D eigenvalue weighted by atomic mass is 10.2. The highest BCUT2D eigenvalue weighted by atomic mass is 16.6. The minimum Gasteiger partial charge on any atom is -0.464 e. The van der Waals surface area contributed by atoms with Crippen LogP contribution in [-0.2, 0) is 14.3 Å². The van der Waals surface area contributed by atoms with Crippen LogP contribution in [0.4, 0.5) is 4.79 Å². The van der Waals surface area contributed by atoms with E-state index in [4.69, 9.17) is 9.47 Å². The lowest BCUT2D eigenvalue weighted by Gasteiger charge is -2.34. The standard InChI is InChI=1S/C14H23N3O4/c1-5-20-12(18)10-8-16-6-7-17(9-11(16)15-10)13(19)21-14(2,3)4/h10H,5-9H2,1-4H3. The third-order valence-corrected chi connectivity index (χ3v) is 3.25. The minimum atomic E-state index is -0.515. The number of carbonyl (C=O) groups is 2. The Morgan fingerprint density at radius 2 is 2.05 bits per heavy atom. The highest BCUT2D eigenvalue weighted by Crippen LogP contribution is 2.18. The quantitative estimate of drug-likeness (QED) is 0.708. The Labute approximate surface area is 124 Å². The van der Waals surface area contributed by atoms with Gasteiger partial charge in [0.2, 0.25) is 0 Å². The van der Waals surface area contributed by atoms with Crippen molar-refractivity contribution >= 4 is 17.9 Å². The van der Waals surface area contributed by atoms with Gasteiger partial charge in [-0.25, -0.2) is 9.59 Å². The first kappa shape index (κ1) is 15.6. The number of amides is 1. The van der Waals surface area contributed by atoms with Gasteiger partial charge in [-0.1, -0.05) is 0 Å². The van der Waals surface area contributed by atoms with E-state index in [0.717, 1.165) is 5.84 Å². The molecule has 2 rings (SSSR count). The number of amidine groups is 1. The van der Waals surface area contributed by atoms with E-state index in [0.29, 0.717) is 32.8 Å². The van der Waals surface area contributed by atoms with Crippen LogP contribution in [-0.4, -0.2) is 72.1 Å². The summed E-state index contributed by atoms with van der Waals surface area (Å²) in [6.45, 7) is 9.79. The second-order valence-corrected chi connectivity index (χ2v) is 6.16. The molecule has 1 unspecified atom stereocenters. The summed E-state index contributed by atoms with van der Waals surface area (Å²) in [5.41, 5.74) is -0.515. The largest absolute Gasteiger partial charge is 0.464 e. The van der Waals surface area contributed by atoms with Gasteiger partial charge in [0.05, 0.1) is 19.7 Å². The summed E-state index contributed by atoms with van der Waals surface area (Å²) >= 11 is 0. The predicted molar refractivity (Wildman–Crippen MR) is 77.2 cm³/mol. The molecule has 0 aromatic heterocycles. The Kier molecular flexibility index (Phi) is 4.39. The van der Waals surface area contributed by atoms with Gasteiger partial charge in [0.15, 0.2) is 6.04 Å². The van der Waals surface area contributed by atoms with Crippen LogP contribution in [0.2, 0.25) is 0 Å². The summed E-state index contributed by atoms with van der Waals surface area (Å²) < 4.78 is 10.4. The predicted octanol–water partition coefficient (Wildman–Crippen LogP) is 0.883. The molecule has 1 atom stereocenters. The fraction of sp³-hybridized carbons (Fsp3) is 0.786. The third-order valence-electron chi connectivity index (χ3n) is 3.25. The maximum absolute atomic E-state index is 12.1. The second-order valence-electron chi connectivity index (χ2n) is 6.16. The van der Waals surface area contributed by atoms with Crippen LogP contribution in [0, 0.1) is 0 Å². The number of carbonyl (C=O) groups excluding carboxylic acids is 2. The number of hydrogen-bond donors (Lipinski definition) is 0. The molecule has 1 fully saturated rings. The van der Waals surface area contributed by atoms with Crippen LogP contribution in [0.1, 0.15) is 27.7 Å². The van der Waals surface area contributed by atoms with Crippen molar-refractivity contribution in [1.82, 2.24) is 9.80 Å². The molecule has 1 amide bonds. The van der Waals surface area contributed by atoms with Crippen LogP contribution in [0.5, 0.6) is 0 Å². The molecule has 0 aromatic carbocycles. The summed E-state index contributed by atoms with van der Waals surface area (Å²) in [5.74, 6) is 0.452. The maximum Gasteiger partial charge on any atom is 0.410 e. The zero-order valence-corrected chi connectivity index (χ0v) is 13.1. The van der Waals surface area contributed by atoms with Gasteiger partial charge in [-0.2, -0.15) is 0 Å². The Morgan fingerprint density at radius 3 is 2.67 bits per heavy atom. The molecule has 0 radical (unpaired) electrons. The second kappa shape index (κ2) is 5.91. The molecule has 0 aromatic rings. The average molecular weight is 297 g/mol. The van der Waals surface area contributed by atoms with E-state index in [1.54, 1.807) is 11.8 Å². The van der Waals surface area contributed by atoms with E-state index >= 15 is 0 Å². The molecule has 2 aliphatic rings. The molecular weight excluding hydrogens is 274 g/mol. The first-order valence-corrected chi connectivity index (χ1v) is 7.26. The summed E-state index contributed by atoms with van der Waals surface area (Å²) in [4.78, 5) is 31.8. The molecule has 21 heavy (non-hydrogen) atoms. The van der Waals surface area contributed by atoms with Gasteiger partial charge in [0.1, 0.15) is 11.4 Å². The van der Waals surface area contributed by atoms with Crippen molar-refractivity contribution in [1.29, 1.82) is 0 Å². The van der Waals surface area contributed by atoms with Gasteiger partial charge in [0, 0.05) is 13.1 Å². The molecule has 7 nitrogen and oxygen atoms in total. The number of ether oxygens (including phenoxy) is 2. The number of rotatable bonds is 2. The normalized spacial score (nSPS) is 21.7. The van der Waals surface area contributed by atoms with Crippen molar-refractivity contribution in [3.63, 3.8) is 0 Å². The molecule has 118 valence electrons. The summed E-state index contributed by atoms with van der Waals surface area (Å²) in [7, 11) is 0. The summed E-state index contributed by atoms with van der Waals surface area (Å²) in [5, 5.41) is 0. The van der Waals surface area contributed by atoms with Gasteiger partial charge in [-0.05, 0) is 27.7 Å². The molecule has 0 saturated carbocycles. The van der Waals surface area contributed by atoms with E-state index in [2.05, 4.69) is 4.99 Å². The Morgan fingerprint density at radius 1 is 1.33 bits per heavy atom. The van der Waals surface area contributed by atoms with Crippen LogP contribution in [0.3, 0.4) is 0 Å². The van der Waals surface area contributed by atoms with Gasteiger partial charge >= 0.3 is 12.1 Å². The zero-order chi connectivity index (χ0) is 15.6. The molecule has 2 aliphatic heterocycles. The van der Waals surface area contributed by atoms with Crippen molar-refractivity contribution < 1.29 is 19.1 Å². The SMILES string of the molecule is CCOC(=O)C1CN2CCN(C(=O)OC(C)(C)C)CC2=N1. The van der Waals surface area contributed by atoms with Crippen LogP contribution < -0.4 is 0 Å². The van der Waals surface area contributed by atoms with Gasteiger partial charge in [0.25, 0.3) is 0 Å². The lowest BCUT2D eigenvalue weighted by Crippen LogP contribution is -2.52. The summed E-state index contributed by atoms with van der Waals surface area (Å²) in [6, 6.07) is -0.474. The first-order valence-electron chi connectivity index (χ1n) is 7.26. The Bertz CT molecular complexity index is 456. The zero-order valence-electron chi connectivity index (χ0n) is 13.1. The van der Waals surface area contributed by atoms with Crippen molar-refractivity contribution in [2.45, 2.75) is 39.3 Å². The number of esters is 1. The number of aliphatic imine (C=N–C) groups is 1. The van der Waals surface area contributed by atoms with Gasteiger partial charge in [-0.3, -0.25) is 9.89 Å². The Hall–Kier alpha value is -1.79. The molecule has 7 heteroatoms. The first-order chi connectivity index (χ1) is 9.80. The average Bonchev–Trinajstić information content (AvgIpc) is 2.79. The maximum atomic E-state index is 12.1. The molecule has 0 spiro atoms. The number of nitrogens with zero attached hydrogens (tertiary/aromatic N) is 3. The molecular formula is C14H23N3O4. The molecule has 2 heterocycles. The van der Waals surface area contributed by atoms with Crippen molar-refractivity contribution in [3.05, 3.63) is 0 Å². The van der Waals surface area contributed by atoms with E-state index in [1.807, 2.05) is 25.7 Å². The van der Waals surface area contributed by atoms with Crippen LogP contribution in [0.25, 0.3) is 0 Å². The summed E-state index contributed by atoms with van der Waals surface area (Å²) in [6.07, 6.45) is -0.343. The van der Waals surface area contributed by atoms with E-state index < -0.39 is 11.6 Å². The fourth-order valence-electron chi connectivity index (χ4n) is 2.32. The topological polar surface area (TPSA) is 71.4 Å². The molecule has 1 saturated heterocycles. The fourth-order valence-corrected chi connectivity index (χ4v) is 2.32. The van der Waals surface area contributed by atoms with Crippen molar-refractivity contribution in [2.75, 3.05) is 32.8 Å². The van der Waals surface area contributed by atoms with E-state index in [1.165, 1.54) is 0 Å². The molecule has 0 bridgehead atoms. The van der Waals surface area contributed by atoms with Crippen LogP contribution >= 0.6 is 0 Å². The van der Waals surface area contributed by atoms with Gasteiger partial charge in [-0.15, -0.1) is 0 Å². The monoisotopic (exact) mass is 297 g/mol. The minimum absolute atomic E-state index is 0.303. The van der Waals surface area contributed by atoms with Crippen molar-refractivity contribution in [2.24, 2.45) is 4.99 Å². The molecule has 0 N–H and O–H groups in total. The smallest absolute Gasteiger partial charge is 0.410 e. The number of piperazine rings is 1. The molecule has 0 aliphatic carbocycles. The van der Waals surface area contributed by atoms with E-state index in [9.17, 15) is 9.59 Å². The van der Waals surface area contributed by atoms with E-state index in [-0.39, 0.29) is 12.1 Å².